The molecule has 2 N–H and O–H groups in total. The van der Waals surface area contributed by atoms with Crippen molar-refractivity contribution in [1.82, 2.24) is 0 Å². The molecule has 1 nitrogen and oxygen atoms in total. The zero-order chi connectivity index (χ0) is 15.4. The summed E-state index contributed by atoms with van der Waals surface area (Å²) >= 11 is 0. The Balaban J connectivity index is 2.39. The van der Waals surface area contributed by atoms with Gasteiger partial charge in [0.05, 0.1) is 0 Å². The van der Waals surface area contributed by atoms with Crippen molar-refractivity contribution < 1.29 is 4.39 Å². The van der Waals surface area contributed by atoms with E-state index in [-0.39, 0.29) is 5.82 Å². The van der Waals surface area contributed by atoms with Gasteiger partial charge in [-0.2, -0.15) is 0 Å². The van der Waals surface area contributed by atoms with Crippen LogP contribution < -0.4 is 5.73 Å². The summed E-state index contributed by atoms with van der Waals surface area (Å²) in [4.78, 5) is 0. The van der Waals surface area contributed by atoms with E-state index >= 15 is 0 Å². The van der Waals surface area contributed by atoms with Gasteiger partial charge in [-0.25, -0.2) is 4.39 Å². The van der Waals surface area contributed by atoms with Crippen LogP contribution in [-0.2, 0) is 0 Å². The van der Waals surface area contributed by atoms with E-state index in [0.717, 1.165) is 27.8 Å². The maximum atomic E-state index is 12.9. The average molecular weight is 279 g/mol. The van der Waals surface area contributed by atoms with Crippen molar-refractivity contribution >= 4 is 17.3 Å². The van der Waals surface area contributed by atoms with Crippen LogP contribution in [0.25, 0.3) is 17.3 Å². The molecule has 0 unspecified atom stereocenters. The van der Waals surface area contributed by atoms with Gasteiger partial charge in [-0.1, -0.05) is 49.6 Å². The van der Waals surface area contributed by atoms with Crippen LogP contribution in [0.5, 0.6) is 0 Å². The second kappa shape index (κ2) is 6.23. The van der Waals surface area contributed by atoms with Gasteiger partial charge in [0.15, 0.2) is 0 Å². The van der Waals surface area contributed by atoms with Crippen molar-refractivity contribution in [3.8, 4) is 0 Å². The third kappa shape index (κ3) is 3.29. The molecule has 2 aromatic carbocycles. The lowest BCUT2D eigenvalue weighted by atomic mass is 9.94. The van der Waals surface area contributed by atoms with Crippen molar-refractivity contribution in [2.45, 2.75) is 6.92 Å². The minimum Gasteiger partial charge on any atom is -0.398 e. The van der Waals surface area contributed by atoms with Crippen LogP contribution in [0.2, 0.25) is 0 Å². The number of hydrogen-bond donors (Lipinski definition) is 1. The van der Waals surface area contributed by atoms with E-state index in [4.69, 9.17) is 5.73 Å². The number of aryl methyl sites for hydroxylation is 1. The minimum absolute atomic E-state index is 0.279. The van der Waals surface area contributed by atoms with E-state index < -0.39 is 0 Å². The number of nitrogens with two attached hydrogens (primary N) is 1. The third-order valence-electron chi connectivity index (χ3n) is 3.35. The van der Waals surface area contributed by atoms with Crippen LogP contribution >= 0.6 is 0 Å². The van der Waals surface area contributed by atoms with E-state index in [1.807, 2.05) is 31.2 Å². The van der Waals surface area contributed by atoms with Gasteiger partial charge < -0.3 is 5.73 Å². The van der Waals surface area contributed by atoms with Gasteiger partial charge in [0.25, 0.3) is 0 Å². The Bertz CT molecular complexity index is 709. The topological polar surface area (TPSA) is 26.0 Å². The normalized spacial score (nSPS) is 11.2. The fourth-order valence-corrected chi connectivity index (χ4v) is 2.28. The lowest BCUT2D eigenvalue weighted by Gasteiger charge is -2.11. The third-order valence-corrected chi connectivity index (χ3v) is 3.35. The molecule has 0 aliphatic carbocycles. The highest BCUT2D eigenvalue weighted by atomic mass is 19.1. The molecule has 2 rings (SSSR count). The van der Waals surface area contributed by atoms with Crippen LogP contribution in [-0.4, -0.2) is 0 Å². The van der Waals surface area contributed by atoms with E-state index in [1.54, 1.807) is 18.2 Å². The van der Waals surface area contributed by atoms with Gasteiger partial charge in [-0.05, 0) is 53.0 Å². The zero-order valence-electron chi connectivity index (χ0n) is 12.1. The fourth-order valence-electron chi connectivity index (χ4n) is 2.28. The predicted octanol–water partition coefficient (Wildman–Crippen LogP) is 4.79. The van der Waals surface area contributed by atoms with Crippen LogP contribution in [0.4, 0.5) is 4.39 Å². The summed E-state index contributed by atoms with van der Waals surface area (Å²) in [7, 11) is 0. The second-order valence-electron chi connectivity index (χ2n) is 4.88. The molecule has 0 fully saturated rings. The largest absolute Gasteiger partial charge is 0.398 e. The number of benzene rings is 2. The predicted molar refractivity (Wildman–Crippen MR) is 88.9 cm³/mol. The number of rotatable bonds is 4. The first kappa shape index (κ1) is 14.8. The summed E-state index contributed by atoms with van der Waals surface area (Å²) in [5.74, 6) is -0.279. The lowest BCUT2D eigenvalue weighted by molar-refractivity contribution is 0.627. The number of allylic oxidation sites excluding steroid dienone is 2. The molecule has 0 spiro atoms. The molecule has 0 aliphatic rings. The van der Waals surface area contributed by atoms with E-state index in [0.29, 0.717) is 5.70 Å². The Labute approximate surface area is 124 Å². The first-order valence-electron chi connectivity index (χ1n) is 6.67. The van der Waals surface area contributed by atoms with Crippen molar-refractivity contribution in [2.24, 2.45) is 5.73 Å². The van der Waals surface area contributed by atoms with Gasteiger partial charge in [0, 0.05) is 5.70 Å². The summed E-state index contributed by atoms with van der Waals surface area (Å²) in [5.41, 5.74) is 11.4. The minimum atomic E-state index is -0.279. The maximum absolute atomic E-state index is 12.9. The average Bonchev–Trinajstić information content (AvgIpc) is 2.47. The molecule has 21 heavy (non-hydrogen) atoms. The molecule has 0 amide bonds. The van der Waals surface area contributed by atoms with Crippen molar-refractivity contribution in [3.63, 3.8) is 0 Å². The van der Waals surface area contributed by atoms with Crippen molar-refractivity contribution in [2.75, 3.05) is 0 Å². The van der Waals surface area contributed by atoms with E-state index in [2.05, 4.69) is 13.2 Å². The first-order valence-corrected chi connectivity index (χ1v) is 6.67. The standard InChI is InChI=1S/C19H18FN/c1-4-15-7-5-6-13(2)19(15)14(3)12-18(21)16-8-10-17(20)11-9-16/h4-12H,1,3,21H2,2H3/b18-12-. The monoisotopic (exact) mass is 279 g/mol. The molecule has 106 valence electrons. The van der Waals surface area contributed by atoms with Crippen molar-refractivity contribution in [1.29, 1.82) is 0 Å². The molecule has 0 saturated carbocycles. The van der Waals surface area contributed by atoms with Gasteiger partial charge in [0.1, 0.15) is 5.82 Å². The summed E-state index contributed by atoms with van der Waals surface area (Å²) in [6, 6.07) is 12.1. The molecule has 0 aliphatic heterocycles. The van der Waals surface area contributed by atoms with Crippen LogP contribution in [0.1, 0.15) is 22.3 Å². The highest BCUT2D eigenvalue weighted by molar-refractivity contribution is 5.86. The smallest absolute Gasteiger partial charge is 0.123 e. The Morgan fingerprint density at radius 1 is 1.14 bits per heavy atom. The quantitative estimate of drug-likeness (QED) is 0.800. The maximum Gasteiger partial charge on any atom is 0.123 e. The number of halogens is 1. The summed E-state index contributed by atoms with van der Waals surface area (Å²) in [6.45, 7) is 9.95. The highest BCUT2D eigenvalue weighted by Gasteiger charge is 2.06. The van der Waals surface area contributed by atoms with Crippen LogP contribution in [0.15, 0.2) is 61.7 Å². The zero-order valence-corrected chi connectivity index (χ0v) is 12.1. The molecule has 0 heterocycles. The summed E-state index contributed by atoms with van der Waals surface area (Å²) < 4.78 is 12.9. The second-order valence-corrected chi connectivity index (χ2v) is 4.88. The van der Waals surface area contributed by atoms with Gasteiger partial charge in [-0.3, -0.25) is 0 Å². The van der Waals surface area contributed by atoms with Crippen LogP contribution in [0, 0.1) is 12.7 Å². The molecule has 0 atom stereocenters. The van der Waals surface area contributed by atoms with Crippen LogP contribution in [0.3, 0.4) is 0 Å². The van der Waals surface area contributed by atoms with E-state index in [1.165, 1.54) is 12.1 Å². The highest BCUT2D eigenvalue weighted by Crippen LogP contribution is 2.26. The summed E-state index contributed by atoms with van der Waals surface area (Å²) in [5, 5.41) is 0. The Kier molecular flexibility index (Phi) is 4.39. The Morgan fingerprint density at radius 3 is 2.43 bits per heavy atom. The van der Waals surface area contributed by atoms with Gasteiger partial charge in [-0.15, -0.1) is 0 Å². The first-order chi connectivity index (χ1) is 10.0. The molecule has 0 bridgehead atoms. The fraction of sp³-hybridized carbons (Fsp3) is 0.0526. The Morgan fingerprint density at radius 2 is 1.81 bits per heavy atom. The molecule has 0 saturated heterocycles. The van der Waals surface area contributed by atoms with Gasteiger partial charge >= 0.3 is 0 Å². The van der Waals surface area contributed by atoms with Gasteiger partial charge in [0.2, 0.25) is 0 Å². The molecular weight excluding hydrogens is 261 g/mol. The van der Waals surface area contributed by atoms with E-state index in [9.17, 15) is 4.39 Å². The summed E-state index contributed by atoms with van der Waals surface area (Å²) in [6.07, 6.45) is 3.61. The Hall–Kier alpha value is -2.61. The molecular formula is C19H18FN. The lowest BCUT2D eigenvalue weighted by Crippen LogP contribution is -1.98. The van der Waals surface area contributed by atoms with Crippen molar-refractivity contribution in [3.05, 3.63) is 89.8 Å². The molecule has 2 aromatic rings. The molecule has 2 heteroatoms. The number of hydrogen-bond acceptors (Lipinski definition) is 1. The SMILES string of the molecule is C=Cc1cccc(C)c1C(=C)/C=C(\N)c1ccc(F)cc1. The molecule has 0 radical (unpaired) electrons. The molecule has 0 aromatic heterocycles.